The predicted octanol–water partition coefficient (Wildman–Crippen LogP) is 0.590. The molecule has 18 heavy (non-hydrogen) atoms. The van der Waals surface area contributed by atoms with Crippen molar-refractivity contribution in [2.75, 3.05) is 27.7 Å². The molecule has 0 radical (unpaired) electrons. The number of ether oxygens (including phenoxy) is 1. The van der Waals surface area contributed by atoms with Crippen LogP contribution in [0.3, 0.4) is 0 Å². The molecule has 0 aliphatic carbocycles. The minimum atomic E-state index is -3.54. The fourth-order valence-electron chi connectivity index (χ4n) is 3.61. The molecule has 0 saturated carbocycles. The number of carbonyl (C=O) groups excluding carboxylic acids is 1. The van der Waals surface area contributed by atoms with E-state index in [2.05, 4.69) is 0 Å². The van der Waals surface area contributed by atoms with Crippen LogP contribution in [0.4, 0.5) is 0 Å². The Bertz CT molecular complexity index is 461. The van der Waals surface area contributed by atoms with Gasteiger partial charge in [0.1, 0.15) is 10.8 Å². The Morgan fingerprint density at radius 2 is 1.67 bits per heavy atom. The average molecular weight is 278 g/mol. The molecule has 1 heterocycles. The first-order valence-corrected chi connectivity index (χ1v) is 7.56. The van der Waals surface area contributed by atoms with Crippen molar-refractivity contribution in [3.63, 3.8) is 0 Å². The van der Waals surface area contributed by atoms with E-state index >= 15 is 0 Å². The van der Waals surface area contributed by atoms with Crippen LogP contribution >= 0.6 is 0 Å². The lowest BCUT2D eigenvalue weighted by Crippen LogP contribution is -2.84. The van der Waals surface area contributed by atoms with Crippen LogP contribution in [-0.2, 0) is 19.4 Å². The second-order valence-corrected chi connectivity index (χ2v) is 9.36. The molecule has 106 valence electrons. The van der Waals surface area contributed by atoms with Gasteiger partial charge in [0.2, 0.25) is 4.75 Å². The van der Waals surface area contributed by atoms with E-state index in [1.807, 2.05) is 21.1 Å². The molecule has 0 bridgehead atoms. The first kappa shape index (κ1) is 15.4. The van der Waals surface area contributed by atoms with Crippen LogP contribution < -0.4 is 0 Å². The lowest BCUT2D eigenvalue weighted by atomic mass is 9.85. The molecule has 0 amide bonds. The lowest BCUT2D eigenvalue weighted by molar-refractivity contribution is -0.901. The zero-order valence-electron chi connectivity index (χ0n) is 12.3. The number of quaternary nitrogens is 1. The van der Waals surface area contributed by atoms with Crippen molar-refractivity contribution >= 4 is 15.8 Å². The summed E-state index contributed by atoms with van der Waals surface area (Å²) in [6.07, 6.45) is 0. The summed E-state index contributed by atoms with van der Waals surface area (Å²) >= 11 is 0. The first-order chi connectivity index (χ1) is 7.85. The third kappa shape index (κ3) is 1.61. The summed E-state index contributed by atoms with van der Waals surface area (Å²) in [6.45, 7) is 6.71. The van der Waals surface area contributed by atoms with Crippen molar-refractivity contribution in [2.24, 2.45) is 0 Å². The number of hydrogen-bond donors (Lipinski definition) is 0. The number of hydrogen-bond acceptors (Lipinski definition) is 4. The van der Waals surface area contributed by atoms with Gasteiger partial charge in [-0.15, -0.1) is 0 Å². The highest BCUT2D eigenvalue weighted by Crippen LogP contribution is 2.52. The molecule has 2 atom stereocenters. The van der Waals surface area contributed by atoms with E-state index in [0.717, 1.165) is 0 Å². The van der Waals surface area contributed by atoms with Crippen LogP contribution in [0.25, 0.3) is 0 Å². The minimum absolute atomic E-state index is 0.189. The summed E-state index contributed by atoms with van der Waals surface area (Å²) in [5.74, 6) is -0.637. The third-order valence-electron chi connectivity index (χ3n) is 3.89. The average Bonchev–Trinajstić information content (AvgIpc) is 2.14. The van der Waals surface area contributed by atoms with Crippen LogP contribution in [0.1, 0.15) is 27.7 Å². The Morgan fingerprint density at radius 3 is 2.00 bits per heavy atom. The zero-order chi connectivity index (χ0) is 14.6. The highest BCUT2D eigenvalue weighted by Gasteiger charge is 2.79. The van der Waals surface area contributed by atoms with Gasteiger partial charge < -0.3 is 9.22 Å². The van der Waals surface area contributed by atoms with E-state index in [1.54, 1.807) is 20.8 Å². The topological polar surface area (TPSA) is 60.4 Å². The van der Waals surface area contributed by atoms with Gasteiger partial charge in [-0.05, 0) is 27.7 Å². The maximum Gasteiger partial charge on any atom is 0.333 e. The van der Waals surface area contributed by atoms with Crippen LogP contribution in [0.15, 0.2) is 0 Å². The number of carbonyl (C=O) groups is 1. The van der Waals surface area contributed by atoms with Gasteiger partial charge in [0, 0.05) is 0 Å². The molecule has 1 saturated heterocycles. The SMILES string of the molecule is CCOC(=O)[C@]1(C)[C@H]([N+](C)(C)C)C(C)(C)S1(=O)=O. The molecule has 0 aromatic heterocycles. The summed E-state index contributed by atoms with van der Waals surface area (Å²) in [5, 5.41) is 0. The fraction of sp³-hybridized carbons (Fsp3) is 0.917. The smallest absolute Gasteiger partial charge is 0.333 e. The van der Waals surface area contributed by atoms with E-state index in [9.17, 15) is 13.2 Å². The molecule has 1 aliphatic rings. The Labute approximate surface area is 110 Å². The molecule has 1 rings (SSSR count). The summed E-state index contributed by atoms with van der Waals surface area (Å²) in [6, 6.07) is -0.325. The Balaban J connectivity index is 3.37. The molecule has 5 nitrogen and oxygen atoms in total. The molecular formula is C12H24NO4S+. The van der Waals surface area contributed by atoms with Crippen LogP contribution in [0.5, 0.6) is 0 Å². The molecule has 0 N–H and O–H groups in total. The summed E-state index contributed by atoms with van der Waals surface area (Å²) in [5.41, 5.74) is 0. The van der Waals surface area contributed by atoms with E-state index < -0.39 is 25.3 Å². The summed E-state index contributed by atoms with van der Waals surface area (Å²) < 4.78 is 27.9. The third-order valence-corrected chi connectivity index (χ3v) is 7.00. The van der Waals surface area contributed by atoms with Gasteiger partial charge in [-0.3, -0.25) is 4.79 Å². The molecule has 1 fully saturated rings. The second-order valence-electron chi connectivity index (χ2n) is 6.45. The van der Waals surface area contributed by atoms with Crippen molar-refractivity contribution in [3.8, 4) is 0 Å². The van der Waals surface area contributed by atoms with Crippen LogP contribution in [0, 0.1) is 0 Å². The second kappa shape index (κ2) is 3.93. The monoisotopic (exact) mass is 278 g/mol. The van der Waals surface area contributed by atoms with Gasteiger partial charge >= 0.3 is 5.97 Å². The van der Waals surface area contributed by atoms with Crippen molar-refractivity contribution in [1.82, 2.24) is 0 Å². The summed E-state index contributed by atoms with van der Waals surface area (Å²) in [7, 11) is 2.16. The summed E-state index contributed by atoms with van der Waals surface area (Å²) in [4.78, 5) is 12.1. The van der Waals surface area contributed by atoms with Crippen molar-refractivity contribution in [1.29, 1.82) is 0 Å². The molecule has 1 aliphatic heterocycles. The Hall–Kier alpha value is -0.620. The predicted molar refractivity (Wildman–Crippen MR) is 69.9 cm³/mol. The molecule has 0 aromatic carbocycles. The minimum Gasteiger partial charge on any atom is -0.465 e. The molecular weight excluding hydrogens is 254 g/mol. The van der Waals surface area contributed by atoms with Gasteiger partial charge in [-0.1, -0.05) is 0 Å². The molecule has 0 unspecified atom stereocenters. The van der Waals surface area contributed by atoms with Crippen molar-refractivity contribution in [3.05, 3.63) is 0 Å². The lowest BCUT2D eigenvalue weighted by Gasteiger charge is -2.59. The van der Waals surface area contributed by atoms with E-state index in [0.29, 0.717) is 4.48 Å². The fourth-order valence-corrected chi connectivity index (χ4v) is 6.55. The first-order valence-electron chi connectivity index (χ1n) is 6.07. The van der Waals surface area contributed by atoms with E-state index in [-0.39, 0.29) is 12.6 Å². The quantitative estimate of drug-likeness (QED) is 0.560. The van der Waals surface area contributed by atoms with Gasteiger partial charge in [-0.25, -0.2) is 8.42 Å². The number of sulfone groups is 1. The van der Waals surface area contributed by atoms with Crippen molar-refractivity contribution in [2.45, 2.75) is 43.2 Å². The highest BCUT2D eigenvalue weighted by molar-refractivity contribution is 7.96. The van der Waals surface area contributed by atoms with Crippen LogP contribution in [-0.4, -0.2) is 62.2 Å². The zero-order valence-corrected chi connectivity index (χ0v) is 13.1. The van der Waals surface area contributed by atoms with Gasteiger partial charge in [0.25, 0.3) is 0 Å². The molecule has 0 aromatic rings. The van der Waals surface area contributed by atoms with E-state index in [1.165, 1.54) is 6.92 Å². The standard InChI is InChI=1S/C12H24NO4S/c1-8-17-10(14)12(4)9(13(5,6)7)11(2,3)18(12,15)16/h9H,8H2,1-7H3/q+1/t9-,12+/m1/s1. The van der Waals surface area contributed by atoms with Gasteiger partial charge in [0.15, 0.2) is 9.84 Å². The normalized spacial score (nSPS) is 33.6. The van der Waals surface area contributed by atoms with Gasteiger partial charge in [0.05, 0.1) is 27.7 Å². The Kier molecular flexibility index (Phi) is 3.37. The van der Waals surface area contributed by atoms with Crippen LogP contribution in [0.2, 0.25) is 0 Å². The Morgan fingerprint density at radius 1 is 1.22 bits per heavy atom. The number of esters is 1. The number of nitrogens with zero attached hydrogens (tertiary/aromatic N) is 1. The molecule has 0 spiro atoms. The van der Waals surface area contributed by atoms with Crippen molar-refractivity contribution < 1.29 is 22.4 Å². The van der Waals surface area contributed by atoms with E-state index in [4.69, 9.17) is 4.74 Å². The highest BCUT2D eigenvalue weighted by atomic mass is 32.2. The molecule has 6 heteroatoms. The maximum atomic E-state index is 12.5. The largest absolute Gasteiger partial charge is 0.465 e. The number of rotatable bonds is 3. The van der Waals surface area contributed by atoms with Gasteiger partial charge in [-0.2, -0.15) is 0 Å². The maximum absolute atomic E-state index is 12.5.